The molecule has 3 saturated heterocycles. The van der Waals surface area contributed by atoms with Crippen molar-refractivity contribution < 1.29 is 32.4 Å². The summed E-state index contributed by atoms with van der Waals surface area (Å²) in [4.78, 5) is 76.6. The van der Waals surface area contributed by atoms with E-state index in [1.165, 1.54) is 4.31 Å². The van der Waals surface area contributed by atoms with Gasteiger partial charge < -0.3 is 20.9 Å². The summed E-state index contributed by atoms with van der Waals surface area (Å²) in [6, 6.07) is -3.03. The number of amides is 5. The Kier molecular flexibility index (Phi) is 11.2. The molecule has 2 spiro atoms. The van der Waals surface area contributed by atoms with E-state index >= 15 is 4.79 Å². The zero-order valence-electron chi connectivity index (χ0n) is 36.0. The van der Waals surface area contributed by atoms with Gasteiger partial charge in [0, 0.05) is 31.0 Å². The van der Waals surface area contributed by atoms with Crippen molar-refractivity contribution in [2.24, 2.45) is 39.4 Å². The van der Waals surface area contributed by atoms with Crippen molar-refractivity contribution in [1.29, 1.82) is 0 Å². The average Bonchev–Trinajstić information content (AvgIpc) is 3.72. The van der Waals surface area contributed by atoms with Crippen LogP contribution in [0.2, 0.25) is 0 Å². The molecule has 3 heterocycles. The van der Waals surface area contributed by atoms with E-state index in [4.69, 9.17) is 0 Å². The molecule has 4 bridgehead atoms. The van der Waals surface area contributed by atoms with E-state index in [-0.39, 0.29) is 71.4 Å². The first-order valence-corrected chi connectivity index (χ1v) is 23.7. The first-order chi connectivity index (χ1) is 27.3. The molecule has 4 saturated carbocycles. The first kappa shape index (κ1) is 43.1. The molecule has 0 radical (unpaired) electrons. The van der Waals surface area contributed by atoms with Gasteiger partial charge in [0.05, 0.1) is 6.04 Å². The third-order valence-corrected chi connectivity index (χ3v) is 18.0. The van der Waals surface area contributed by atoms with Gasteiger partial charge in [0.25, 0.3) is 5.91 Å². The van der Waals surface area contributed by atoms with Gasteiger partial charge in [0.2, 0.25) is 23.6 Å². The molecule has 4 N–H and O–H groups in total. The molecule has 324 valence electrons. The van der Waals surface area contributed by atoms with Crippen LogP contribution in [0.3, 0.4) is 0 Å². The summed E-state index contributed by atoms with van der Waals surface area (Å²) in [6.07, 6.45) is 11.0. The number of carbonyl (C=O) groups is 5. The Morgan fingerprint density at radius 2 is 1.71 bits per heavy atom. The first-order valence-electron chi connectivity index (χ1n) is 22.2. The van der Waals surface area contributed by atoms with Gasteiger partial charge in [-0.15, -0.1) is 6.58 Å². The highest BCUT2D eigenvalue weighted by Gasteiger charge is 2.88. The van der Waals surface area contributed by atoms with E-state index in [1.54, 1.807) is 17.9 Å². The highest BCUT2D eigenvalue weighted by Crippen LogP contribution is 2.91. The molecule has 0 aromatic carbocycles. The Balaban J connectivity index is 1.24. The quantitative estimate of drug-likeness (QED) is 0.217. The third kappa shape index (κ3) is 6.53. The highest BCUT2D eigenvalue weighted by atomic mass is 32.2. The minimum Gasteiger partial charge on any atom is -0.343 e. The zero-order chi connectivity index (χ0) is 42.2. The van der Waals surface area contributed by atoms with Gasteiger partial charge in [-0.3, -0.25) is 28.9 Å². The average molecular weight is 828 g/mol. The lowest BCUT2D eigenvalue weighted by Gasteiger charge is -2.42. The summed E-state index contributed by atoms with van der Waals surface area (Å²) >= 11 is 0. The maximum absolute atomic E-state index is 15.2. The van der Waals surface area contributed by atoms with Crippen molar-refractivity contribution in [2.75, 3.05) is 32.7 Å². The van der Waals surface area contributed by atoms with Crippen molar-refractivity contribution in [3.05, 3.63) is 12.7 Å². The fourth-order valence-corrected chi connectivity index (χ4v) is 14.4. The van der Waals surface area contributed by atoms with E-state index in [0.29, 0.717) is 19.4 Å². The SMILES string of the molecule is C=C[C@@H]1C[C@]1(NC(=O)[C@@H]1C[C@@]23CN1C(=O)[C@H](C(C)(C)C)NC(=O)[C@@H](NC(=O)[C@@H]1CCCN1CC)C1CCCC(C1)C2(C)C31CCC1)C(=O)NS(=O)(=O)N(CC)CCC. The molecule has 7 aliphatic rings. The molecular weight excluding hydrogens is 759 g/mol. The predicted octanol–water partition coefficient (Wildman–Crippen LogP) is 3.24. The lowest BCUT2D eigenvalue weighted by atomic mass is 9.65. The molecule has 3 aliphatic heterocycles. The van der Waals surface area contributed by atoms with Gasteiger partial charge >= 0.3 is 10.2 Å². The van der Waals surface area contributed by atoms with E-state index in [2.05, 4.69) is 46.0 Å². The van der Waals surface area contributed by atoms with Gasteiger partial charge in [-0.2, -0.15) is 12.7 Å². The van der Waals surface area contributed by atoms with Crippen LogP contribution in [-0.4, -0.2) is 114 Å². The van der Waals surface area contributed by atoms with Crippen LogP contribution < -0.4 is 20.7 Å². The molecule has 5 amide bonds. The van der Waals surface area contributed by atoms with Crippen molar-refractivity contribution in [3.63, 3.8) is 0 Å². The van der Waals surface area contributed by atoms with Crippen molar-refractivity contribution in [3.8, 4) is 0 Å². The molecule has 10 atom stereocenters. The van der Waals surface area contributed by atoms with E-state index in [9.17, 15) is 27.6 Å². The summed E-state index contributed by atoms with van der Waals surface area (Å²) in [5, 5.41) is 9.36. The van der Waals surface area contributed by atoms with Gasteiger partial charge in [0.1, 0.15) is 23.7 Å². The summed E-state index contributed by atoms with van der Waals surface area (Å²) < 4.78 is 30.1. The third-order valence-electron chi connectivity index (χ3n) is 16.5. The minimum absolute atomic E-state index is 0.0671. The Labute approximate surface area is 346 Å². The molecular formula is C43H69N7O7S. The second kappa shape index (κ2) is 15.1. The van der Waals surface area contributed by atoms with Crippen molar-refractivity contribution in [1.82, 2.24) is 34.8 Å². The summed E-state index contributed by atoms with van der Waals surface area (Å²) in [5.74, 6) is -2.53. The Hall–Kier alpha value is -3.04. The number of hydrogen-bond acceptors (Lipinski definition) is 8. The van der Waals surface area contributed by atoms with Crippen LogP contribution in [0.25, 0.3) is 0 Å². The Morgan fingerprint density at radius 3 is 2.29 bits per heavy atom. The molecule has 3 unspecified atom stereocenters. The number of rotatable bonds is 12. The molecule has 0 aromatic heterocycles. The standard InChI is InChI=1S/C43H69N7O7S/c1-9-21-49(12-4)58(56,57)47-38(55)43(24-28(43)10-2)46-35(52)31-25-42-26-50(31)37(54)33(39(5,6)7)45-36(53)32(44-34(51)30-18-14-22-48(30)11-3)27-16-13-17-29(23-27)40(42,8)41(42)19-15-20-41/h10,27-33H,2,9,11-26H2,1,3-8H3,(H,44,51)(H,45,53)(H,46,52)(H,47,55)/t27?,28-,29?,30+,31+,32+,33-,40?,42-,43-/m1/s1. The molecule has 14 nitrogen and oxygen atoms in total. The summed E-state index contributed by atoms with van der Waals surface area (Å²) in [5.41, 5.74) is -2.90. The number of nitrogens with one attached hydrogen (secondary N) is 4. The number of nitrogens with zero attached hydrogens (tertiary/aromatic N) is 3. The zero-order valence-corrected chi connectivity index (χ0v) is 36.8. The fraction of sp³-hybridized carbons (Fsp3) is 0.837. The normalized spacial score (nSPS) is 38.1. The number of likely N-dealkylation sites (tertiary alicyclic amines) is 1. The van der Waals surface area contributed by atoms with Crippen LogP contribution in [0.4, 0.5) is 0 Å². The maximum Gasteiger partial charge on any atom is 0.303 e. The molecule has 58 heavy (non-hydrogen) atoms. The molecule has 4 aliphatic carbocycles. The molecule has 15 heteroatoms. The molecule has 7 rings (SSSR count). The minimum atomic E-state index is -4.18. The van der Waals surface area contributed by atoms with Crippen molar-refractivity contribution in [2.45, 2.75) is 155 Å². The molecule has 7 fully saturated rings. The lowest BCUT2D eigenvalue weighted by Crippen LogP contribution is -2.63. The van der Waals surface area contributed by atoms with E-state index < -0.39 is 57.0 Å². The Bertz CT molecular complexity index is 1810. The van der Waals surface area contributed by atoms with Gasteiger partial charge in [0.15, 0.2) is 0 Å². The van der Waals surface area contributed by atoms with Crippen LogP contribution in [0.5, 0.6) is 0 Å². The number of carbonyl (C=O) groups excluding carboxylic acids is 5. The topological polar surface area (TPSA) is 177 Å². The number of likely N-dealkylation sites (N-methyl/N-ethyl adjacent to an activating group) is 1. The predicted molar refractivity (Wildman–Crippen MR) is 220 cm³/mol. The van der Waals surface area contributed by atoms with E-state index in [1.807, 2.05) is 27.7 Å². The Morgan fingerprint density at radius 1 is 0.983 bits per heavy atom. The largest absolute Gasteiger partial charge is 0.343 e. The van der Waals surface area contributed by atoms with Crippen molar-refractivity contribution >= 4 is 39.7 Å². The smallest absolute Gasteiger partial charge is 0.303 e. The van der Waals surface area contributed by atoms with Crippen LogP contribution in [-0.2, 0) is 34.2 Å². The van der Waals surface area contributed by atoms with Crippen LogP contribution in [0.1, 0.15) is 126 Å². The lowest BCUT2D eigenvalue weighted by molar-refractivity contribution is -0.145. The van der Waals surface area contributed by atoms with Crippen LogP contribution >= 0.6 is 0 Å². The summed E-state index contributed by atoms with van der Waals surface area (Å²) in [7, 11) is -4.18. The number of fused-ring (bicyclic) bond motifs is 5. The second-order valence-electron chi connectivity index (χ2n) is 20.0. The molecule has 0 aromatic rings. The van der Waals surface area contributed by atoms with Gasteiger partial charge in [-0.1, -0.05) is 67.4 Å². The fourth-order valence-electron chi connectivity index (χ4n) is 13.0. The van der Waals surface area contributed by atoms with Crippen LogP contribution in [0.15, 0.2) is 12.7 Å². The number of hydrogen-bond donors (Lipinski definition) is 4. The second-order valence-corrected chi connectivity index (χ2v) is 21.7. The highest BCUT2D eigenvalue weighted by molar-refractivity contribution is 7.87. The summed E-state index contributed by atoms with van der Waals surface area (Å²) in [6.45, 7) is 20.0. The monoisotopic (exact) mass is 827 g/mol. The van der Waals surface area contributed by atoms with Gasteiger partial charge in [-0.05, 0) is 105 Å². The maximum atomic E-state index is 15.2. The van der Waals surface area contributed by atoms with Gasteiger partial charge in [-0.25, -0.2) is 4.72 Å². The van der Waals surface area contributed by atoms with E-state index in [0.717, 1.165) is 70.9 Å². The van der Waals surface area contributed by atoms with Crippen LogP contribution in [0, 0.1) is 39.4 Å².